The van der Waals surface area contributed by atoms with Crippen molar-refractivity contribution in [1.29, 1.82) is 0 Å². The van der Waals surface area contributed by atoms with Crippen molar-refractivity contribution in [1.82, 2.24) is 10.3 Å². The van der Waals surface area contributed by atoms with Gasteiger partial charge in [-0.3, -0.25) is 0 Å². The molecule has 0 saturated heterocycles. The van der Waals surface area contributed by atoms with Crippen LogP contribution in [-0.4, -0.2) is 25.1 Å². The number of esters is 1. The second-order valence-corrected chi connectivity index (χ2v) is 3.25. The van der Waals surface area contributed by atoms with Crippen LogP contribution in [0.3, 0.4) is 0 Å². The predicted molar refractivity (Wildman–Crippen MR) is 54.4 cm³/mol. The maximum atomic E-state index is 11.3. The number of hydrogen-bond donors (Lipinski definition) is 2. The van der Waals surface area contributed by atoms with Crippen LogP contribution in [0.15, 0.2) is 0 Å². The van der Waals surface area contributed by atoms with Crippen LogP contribution in [-0.2, 0) is 11.3 Å². The number of aromatic nitrogens is 1. The van der Waals surface area contributed by atoms with Crippen LogP contribution in [0.1, 0.15) is 27.3 Å². The molecule has 1 aromatic heterocycles. The number of hydrogen-bond acceptors (Lipinski definition) is 3. The highest BCUT2D eigenvalue weighted by Crippen LogP contribution is 2.17. The molecule has 4 nitrogen and oxygen atoms in total. The Kier molecular flexibility index (Phi) is 3.30. The van der Waals surface area contributed by atoms with Gasteiger partial charge in [-0.05, 0) is 32.0 Å². The van der Waals surface area contributed by atoms with Crippen molar-refractivity contribution in [3.05, 3.63) is 22.5 Å². The Morgan fingerprint density at radius 3 is 2.57 bits per heavy atom. The Morgan fingerprint density at radius 1 is 1.43 bits per heavy atom. The van der Waals surface area contributed by atoms with Crippen LogP contribution in [0.5, 0.6) is 0 Å². The molecule has 0 fully saturated rings. The molecular weight excluding hydrogens is 180 g/mol. The summed E-state index contributed by atoms with van der Waals surface area (Å²) in [4.78, 5) is 14.4. The lowest BCUT2D eigenvalue weighted by Gasteiger charge is -1.97. The van der Waals surface area contributed by atoms with E-state index < -0.39 is 0 Å². The van der Waals surface area contributed by atoms with E-state index >= 15 is 0 Å². The first kappa shape index (κ1) is 10.8. The first-order chi connectivity index (χ1) is 6.61. The average molecular weight is 196 g/mol. The lowest BCUT2D eigenvalue weighted by Crippen LogP contribution is -2.07. The van der Waals surface area contributed by atoms with Gasteiger partial charge in [0.1, 0.15) is 5.69 Å². The minimum atomic E-state index is -0.312. The van der Waals surface area contributed by atoms with Gasteiger partial charge in [0, 0.05) is 12.2 Å². The molecule has 4 heteroatoms. The monoisotopic (exact) mass is 196 g/mol. The van der Waals surface area contributed by atoms with Gasteiger partial charge in [-0.15, -0.1) is 0 Å². The van der Waals surface area contributed by atoms with Gasteiger partial charge < -0.3 is 15.0 Å². The fourth-order valence-corrected chi connectivity index (χ4v) is 1.41. The lowest BCUT2D eigenvalue weighted by atomic mass is 10.1. The summed E-state index contributed by atoms with van der Waals surface area (Å²) in [5.74, 6) is -0.312. The van der Waals surface area contributed by atoms with Gasteiger partial charge in [-0.25, -0.2) is 4.79 Å². The van der Waals surface area contributed by atoms with E-state index in [1.54, 1.807) is 0 Å². The molecule has 0 aliphatic carbocycles. The molecule has 0 spiro atoms. The third kappa shape index (κ3) is 1.80. The molecule has 2 N–H and O–H groups in total. The Balaban J connectivity index is 3.08. The highest BCUT2D eigenvalue weighted by atomic mass is 16.5. The topological polar surface area (TPSA) is 54.1 Å². The molecule has 1 heterocycles. The van der Waals surface area contributed by atoms with Crippen molar-refractivity contribution in [2.75, 3.05) is 14.2 Å². The number of H-pyrrole nitrogens is 1. The van der Waals surface area contributed by atoms with E-state index in [0.29, 0.717) is 5.69 Å². The molecular formula is C10H16N2O2. The molecule has 0 amide bonds. The highest BCUT2D eigenvalue weighted by molar-refractivity contribution is 5.89. The minimum absolute atomic E-state index is 0.312. The summed E-state index contributed by atoms with van der Waals surface area (Å²) < 4.78 is 4.67. The number of nitrogens with one attached hydrogen (secondary N) is 2. The van der Waals surface area contributed by atoms with E-state index in [1.807, 2.05) is 20.9 Å². The predicted octanol–water partition coefficient (Wildman–Crippen LogP) is 1.14. The Morgan fingerprint density at radius 2 is 2.07 bits per heavy atom. The van der Waals surface area contributed by atoms with Crippen molar-refractivity contribution in [2.24, 2.45) is 0 Å². The molecule has 0 bridgehead atoms. The van der Waals surface area contributed by atoms with Gasteiger partial charge in [-0.1, -0.05) is 0 Å². The van der Waals surface area contributed by atoms with Crippen LogP contribution in [0.2, 0.25) is 0 Å². The van der Waals surface area contributed by atoms with E-state index in [9.17, 15) is 4.79 Å². The number of carbonyl (C=O) groups is 1. The van der Waals surface area contributed by atoms with Gasteiger partial charge >= 0.3 is 5.97 Å². The quantitative estimate of drug-likeness (QED) is 0.713. The van der Waals surface area contributed by atoms with E-state index in [-0.39, 0.29) is 5.97 Å². The molecule has 78 valence electrons. The normalized spacial score (nSPS) is 10.3. The molecule has 0 aromatic carbocycles. The van der Waals surface area contributed by atoms with Crippen LogP contribution in [0, 0.1) is 13.8 Å². The van der Waals surface area contributed by atoms with Crippen molar-refractivity contribution in [2.45, 2.75) is 20.4 Å². The van der Waals surface area contributed by atoms with Crippen molar-refractivity contribution >= 4 is 5.97 Å². The molecule has 0 unspecified atom stereocenters. The zero-order valence-electron chi connectivity index (χ0n) is 9.02. The molecule has 1 aromatic rings. The fourth-order valence-electron chi connectivity index (χ4n) is 1.41. The third-order valence-electron chi connectivity index (χ3n) is 2.41. The van der Waals surface area contributed by atoms with Gasteiger partial charge in [0.25, 0.3) is 0 Å². The summed E-state index contributed by atoms with van der Waals surface area (Å²) in [5, 5.41) is 3.04. The van der Waals surface area contributed by atoms with Gasteiger partial charge in [0.15, 0.2) is 0 Å². The first-order valence-corrected chi connectivity index (χ1v) is 4.52. The number of aromatic amines is 1. The Labute approximate surface area is 83.7 Å². The summed E-state index contributed by atoms with van der Waals surface area (Å²) in [5.41, 5.74) is 3.66. The number of rotatable bonds is 3. The second kappa shape index (κ2) is 4.28. The first-order valence-electron chi connectivity index (χ1n) is 4.52. The molecule has 0 radical (unpaired) electrons. The number of carbonyl (C=O) groups excluding carboxylic acids is 1. The fraction of sp³-hybridized carbons (Fsp3) is 0.500. The van der Waals surface area contributed by atoms with E-state index in [4.69, 9.17) is 0 Å². The summed E-state index contributed by atoms with van der Waals surface area (Å²) >= 11 is 0. The van der Waals surface area contributed by atoms with Crippen molar-refractivity contribution < 1.29 is 9.53 Å². The van der Waals surface area contributed by atoms with Crippen molar-refractivity contribution in [3.63, 3.8) is 0 Å². The van der Waals surface area contributed by atoms with E-state index in [0.717, 1.165) is 23.4 Å². The molecule has 0 saturated carbocycles. The summed E-state index contributed by atoms with van der Waals surface area (Å²) in [7, 11) is 3.25. The molecule has 0 aliphatic heterocycles. The van der Waals surface area contributed by atoms with Crippen LogP contribution < -0.4 is 5.32 Å². The lowest BCUT2D eigenvalue weighted by molar-refractivity contribution is 0.0593. The molecule has 1 rings (SSSR count). The maximum Gasteiger partial charge on any atom is 0.354 e. The van der Waals surface area contributed by atoms with Gasteiger partial charge in [-0.2, -0.15) is 0 Å². The smallest absolute Gasteiger partial charge is 0.354 e. The van der Waals surface area contributed by atoms with Crippen LogP contribution >= 0.6 is 0 Å². The van der Waals surface area contributed by atoms with Gasteiger partial charge in [0.05, 0.1) is 7.11 Å². The Bertz CT molecular complexity index is 342. The van der Waals surface area contributed by atoms with E-state index in [2.05, 4.69) is 15.0 Å². The van der Waals surface area contributed by atoms with E-state index in [1.165, 1.54) is 7.11 Å². The zero-order chi connectivity index (χ0) is 10.7. The highest BCUT2D eigenvalue weighted by Gasteiger charge is 2.16. The summed E-state index contributed by atoms with van der Waals surface area (Å²) in [6.07, 6.45) is 0. The van der Waals surface area contributed by atoms with Crippen molar-refractivity contribution in [3.8, 4) is 0 Å². The summed E-state index contributed by atoms with van der Waals surface area (Å²) in [6.45, 7) is 4.63. The standard InChI is InChI=1S/C10H16N2O2/c1-6-7(2)9(10(13)14-4)12-8(6)5-11-3/h11-12H,5H2,1-4H3. The summed E-state index contributed by atoms with van der Waals surface area (Å²) in [6, 6.07) is 0. The second-order valence-electron chi connectivity index (χ2n) is 3.25. The number of ether oxygens (including phenoxy) is 1. The minimum Gasteiger partial charge on any atom is -0.464 e. The zero-order valence-corrected chi connectivity index (χ0v) is 9.02. The number of methoxy groups -OCH3 is 1. The maximum absolute atomic E-state index is 11.3. The molecule has 0 aliphatic rings. The van der Waals surface area contributed by atoms with Gasteiger partial charge in [0.2, 0.25) is 0 Å². The largest absolute Gasteiger partial charge is 0.464 e. The SMILES string of the molecule is CNCc1[nH]c(C(=O)OC)c(C)c1C. The average Bonchev–Trinajstić information content (AvgIpc) is 2.46. The van der Waals surface area contributed by atoms with Crippen LogP contribution in [0.25, 0.3) is 0 Å². The van der Waals surface area contributed by atoms with Crippen LogP contribution in [0.4, 0.5) is 0 Å². The third-order valence-corrected chi connectivity index (χ3v) is 2.41. The Hall–Kier alpha value is -1.29. The molecule has 0 atom stereocenters. The molecule has 14 heavy (non-hydrogen) atoms.